The molecule has 0 aliphatic carbocycles. The fourth-order valence-electron chi connectivity index (χ4n) is 3.61. The molecule has 0 saturated heterocycles. The van der Waals surface area contributed by atoms with E-state index in [1.54, 1.807) is 35.2 Å². The van der Waals surface area contributed by atoms with Crippen molar-refractivity contribution < 1.29 is 14.7 Å². The monoisotopic (exact) mass is 495 g/mol. The number of carbonyl (C=O) groups excluding carboxylic acids is 1. The fourth-order valence-corrected chi connectivity index (χ4v) is 4.94. The first-order valence-electron chi connectivity index (χ1n) is 10.1. The van der Waals surface area contributed by atoms with Crippen LogP contribution in [0.5, 0.6) is 0 Å². The summed E-state index contributed by atoms with van der Waals surface area (Å²) in [5, 5.41) is 9.99. The van der Waals surface area contributed by atoms with Crippen LogP contribution in [0.3, 0.4) is 0 Å². The number of thiophene rings is 1. The van der Waals surface area contributed by atoms with Crippen LogP contribution in [0.25, 0.3) is 10.4 Å². The highest BCUT2D eigenvalue weighted by Crippen LogP contribution is 2.35. The molecule has 4 aromatic rings. The number of nitrogens with zero attached hydrogens (tertiary/aromatic N) is 1. The largest absolute Gasteiger partial charge is 0.477 e. The predicted molar refractivity (Wildman–Crippen MR) is 135 cm³/mol. The molecule has 7 heteroatoms. The van der Waals surface area contributed by atoms with Crippen molar-refractivity contribution in [3.63, 3.8) is 0 Å². The first kappa shape index (κ1) is 23.1. The van der Waals surface area contributed by atoms with E-state index in [1.165, 1.54) is 11.3 Å². The van der Waals surface area contributed by atoms with Crippen molar-refractivity contribution in [3.8, 4) is 10.4 Å². The number of amides is 1. The van der Waals surface area contributed by atoms with E-state index >= 15 is 0 Å². The van der Waals surface area contributed by atoms with Gasteiger partial charge in [-0.2, -0.15) is 0 Å². The van der Waals surface area contributed by atoms with Crippen LogP contribution in [0, 0.1) is 0 Å². The first-order valence-corrected chi connectivity index (χ1v) is 11.7. The van der Waals surface area contributed by atoms with Gasteiger partial charge in [0.25, 0.3) is 5.91 Å². The summed E-state index contributed by atoms with van der Waals surface area (Å²) in [6, 6.07) is 25.1. The van der Waals surface area contributed by atoms with Crippen molar-refractivity contribution in [3.05, 3.63) is 111 Å². The van der Waals surface area contributed by atoms with E-state index in [2.05, 4.69) is 0 Å². The van der Waals surface area contributed by atoms with Gasteiger partial charge >= 0.3 is 5.97 Å². The maximum atomic E-state index is 13.8. The summed E-state index contributed by atoms with van der Waals surface area (Å²) in [5.74, 6) is -1.23. The van der Waals surface area contributed by atoms with E-state index in [0.717, 1.165) is 16.0 Å². The van der Waals surface area contributed by atoms with Crippen molar-refractivity contribution >= 4 is 52.1 Å². The Morgan fingerprint density at radius 1 is 0.909 bits per heavy atom. The molecule has 3 aromatic carbocycles. The predicted octanol–water partition coefficient (Wildman–Crippen LogP) is 7.83. The Bertz CT molecular complexity index is 1320. The fraction of sp³-hybridized carbons (Fsp3) is 0.0769. The van der Waals surface area contributed by atoms with Gasteiger partial charge in [-0.25, -0.2) is 4.79 Å². The van der Waals surface area contributed by atoms with Gasteiger partial charge in [0.15, 0.2) is 0 Å². The molecule has 0 aliphatic heterocycles. The standard InChI is InChI=1S/C26H19Cl2NO3S/c1-16(17-6-3-2-4-7-17)29(25(30)21-11-10-19(27)15-22(21)28)20-9-5-8-18(14-20)23-12-13-24(33-23)26(31)32/h2-16H,1H3,(H,31,32). The second-order valence-corrected chi connectivity index (χ2v) is 9.33. The SMILES string of the molecule is CC(c1ccccc1)N(C(=O)c1ccc(Cl)cc1Cl)c1cccc(-c2ccc(C(=O)O)s2)c1. The molecule has 1 atom stereocenters. The topological polar surface area (TPSA) is 57.6 Å². The van der Waals surface area contributed by atoms with Gasteiger partial charge in [0.2, 0.25) is 0 Å². The number of hydrogen-bond acceptors (Lipinski definition) is 3. The minimum Gasteiger partial charge on any atom is -0.477 e. The molecule has 1 heterocycles. The lowest BCUT2D eigenvalue weighted by Crippen LogP contribution is -2.33. The number of benzene rings is 3. The molecule has 0 bridgehead atoms. The van der Waals surface area contributed by atoms with E-state index in [-0.39, 0.29) is 21.8 Å². The first-order chi connectivity index (χ1) is 15.8. The number of carboxylic acids is 1. The van der Waals surface area contributed by atoms with Crippen LogP contribution < -0.4 is 4.90 Å². The number of carbonyl (C=O) groups is 2. The lowest BCUT2D eigenvalue weighted by molar-refractivity contribution is 0.0702. The molecule has 0 fully saturated rings. The molecule has 4 nitrogen and oxygen atoms in total. The number of carboxylic acid groups (broad SMARTS) is 1. The van der Waals surface area contributed by atoms with Crippen LogP contribution in [0.4, 0.5) is 5.69 Å². The average molecular weight is 496 g/mol. The van der Waals surface area contributed by atoms with Crippen molar-refractivity contribution in [2.45, 2.75) is 13.0 Å². The van der Waals surface area contributed by atoms with Crippen LogP contribution in [0.2, 0.25) is 10.0 Å². The number of rotatable bonds is 6. The molecular formula is C26H19Cl2NO3S. The molecule has 4 rings (SSSR count). The van der Waals surface area contributed by atoms with E-state index < -0.39 is 5.97 Å². The molecule has 0 radical (unpaired) electrons. The number of anilines is 1. The zero-order valence-corrected chi connectivity index (χ0v) is 19.9. The summed E-state index contributed by atoms with van der Waals surface area (Å²) in [4.78, 5) is 27.8. The molecule has 0 saturated carbocycles. The molecule has 0 spiro atoms. The molecule has 33 heavy (non-hydrogen) atoms. The summed E-state index contributed by atoms with van der Waals surface area (Å²) in [5.41, 5.74) is 2.81. The van der Waals surface area contributed by atoms with Crippen LogP contribution >= 0.6 is 34.5 Å². The highest BCUT2D eigenvalue weighted by Gasteiger charge is 2.26. The third-order valence-electron chi connectivity index (χ3n) is 5.28. The smallest absolute Gasteiger partial charge is 0.345 e. The lowest BCUT2D eigenvalue weighted by Gasteiger charge is -2.30. The Morgan fingerprint density at radius 2 is 1.67 bits per heavy atom. The van der Waals surface area contributed by atoms with E-state index in [0.29, 0.717) is 16.3 Å². The van der Waals surface area contributed by atoms with Crippen molar-refractivity contribution in [2.75, 3.05) is 4.90 Å². The Hall–Kier alpha value is -3.12. The summed E-state index contributed by atoms with van der Waals surface area (Å²) in [7, 11) is 0. The van der Waals surface area contributed by atoms with Gasteiger partial charge in [0, 0.05) is 15.6 Å². The van der Waals surface area contributed by atoms with Crippen LogP contribution in [0.1, 0.15) is 38.6 Å². The number of hydrogen-bond donors (Lipinski definition) is 1. The summed E-state index contributed by atoms with van der Waals surface area (Å²) in [6.07, 6.45) is 0. The molecule has 1 amide bonds. The second kappa shape index (κ2) is 9.79. The van der Waals surface area contributed by atoms with Gasteiger partial charge in [0.1, 0.15) is 4.88 Å². The quantitative estimate of drug-likeness (QED) is 0.296. The van der Waals surface area contributed by atoms with Crippen molar-refractivity contribution in [1.82, 2.24) is 0 Å². The molecule has 1 N–H and O–H groups in total. The third-order valence-corrected chi connectivity index (χ3v) is 6.95. The highest BCUT2D eigenvalue weighted by atomic mass is 35.5. The van der Waals surface area contributed by atoms with E-state index in [4.69, 9.17) is 23.2 Å². The van der Waals surface area contributed by atoms with Gasteiger partial charge in [-0.05, 0) is 60.5 Å². The van der Waals surface area contributed by atoms with Gasteiger partial charge < -0.3 is 10.0 Å². The molecule has 1 unspecified atom stereocenters. The zero-order valence-electron chi connectivity index (χ0n) is 17.5. The van der Waals surface area contributed by atoms with Crippen molar-refractivity contribution in [1.29, 1.82) is 0 Å². The molecular weight excluding hydrogens is 477 g/mol. The van der Waals surface area contributed by atoms with Crippen LogP contribution in [-0.4, -0.2) is 17.0 Å². The Morgan fingerprint density at radius 3 is 2.33 bits per heavy atom. The number of aromatic carboxylic acids is 1. The second-order valence-electron chi connectivity index (χ2n) is 7.41. The normalized spacial score (nSPS) is 11.7. The number of halogens is 2. The minimum atomic E-state index is -0.964. The van der Waals surface area contributed by atoms with Gasteiger partial charge in [-0.1, -0.05) is 65.7 Å². The Labute approximate surface area is 205 Å². The summed E-state index contributed by atoms with van der Waals surface area (Å²) in [6.45, 7) is 1.96. The average Bonchev–Trinajstić information content (AvgIpc) is 3.31. The maximum absolute atomic E-state index is 13.8. The summed E-state index contributed by atoms with van der Waals surface area (Å²) >= 11 is 13.6. The van der Waals surface area contributed by atoms with Crippen LogP contribution in [-0.2, 0) is 0 Å². The lowest BCUT2D eigenvalue weighted by atomic mass is 10.0. The summed E-state index contributed by atoms with van der Waals surface area (Å²) < 4.78 is 0. The van der Waals surface area contributed by atoms with Gasteiger partial charge in [-0.3, -0.25) is 4.79 Å². The van der Waals surface area contributed by atoms with Crippen LogP contribution in [0.15, 0.2) is 84.9 Å². The molecule has 1 aromatic heterocycles. The molecule has 166 valence electrons. The molecule has 0 aliphatic rings. The zero-order chi connectivity index (χ0) is 23.5. The maximum Gasteiger partial charge on any atom is 0.345 e. The minimum absolute atomic E-state index is 0.258. The van der Waals surface area contributed by atoms with Crippen molar-refractivity contribution in [2.24, 2.45) is 0 Å². The Balaban J connectivity index is 1.81. The Kier molecular flexibility index (Phi) is 6.84. The highest BCUT2D eigenvalue weighted by molar-refractivity contribution is 7.17. The van der Waals surface area contributed by atoms with Gasteiger partial charge in [0.05, 0.1) is 16.6 Å². The van der Waals surface area contributed by atoms with E-state index in [1.807, 2.05) is 61.5 Å². The third kappa shape index (κ3) is 4.96. The van der Waals surface area contributed by atoms with E-state index in [9.17, 15) is 14.7 Å². The van der Waals surface area contributed by atoms with Gasteiger partial charge in [-0.15, -0.1) is 11.3 Å².